The molecule has 2 aromatic rings. The first-order valence-corrected chi connectivity index (χ1v) is 12.1. The molecule has 2 aliphatic rings. The van der Waals surface area contributed by atoms with E-state index in [9.17, 15) is 0 Å². The molecule has 1 N–H and O–H groups in total. The maximum atomic E-state index is 4.11. The monoisotopic (exact) mass is 413 g/mol. The molecular formula is C30H39N. The number of hydrogen-bond donors (Lipinski definition) is 1. The first-order valence-electron chi connectivity index (χ1n) is 12.1. The second-order valence-corrected chi connectivity index (χ2v) is 10.7. The van der Waals surface area contributed by atoms with Crippen LogP contribution in [-0.2, 0) is 0 Å². The molecule has 1 aliphatic carbocycles. The van der Waals surface area contributed by atoms with E-state index in [1.807, 2.05) is 0 Å². The Bertz CT molecular complexity index is 1010. The standard InChI is InChI=1S/C30H39N/c1-18(2)22-12-9-13-23(19(3)4)27(22)25-14-10-15-26-28-24(20(5)6)16-11-17-30(28,21(7)8)31-29(25)26/h9-21,28,31H,1-8H3. The molecular weight excluding hydrogens is 374 g/mol. The van der Waals surface area contributed by atoms with Crippen molar-refractivity contribution in [3.8, 4) is 11.1 Å². The van der Waals surface area contributed by atoms with Crippen molar-refractivity contribution < 1.29 is 0 Å². The predicted molar refractivity (Wildman–Crippen MR) is 136 cm³/mol. The summed E-state index contributed by atoms with van der Waals surface area (Å²) in [5.41, 5.74) is 10.00. The van der Waals surface area contributed by atoms with Crippen molar-refractivity contribution in [3.05, 3.63) is 76.9 Å². The molecule has 0 radical (unpaired) electrons. The van der Waals surface area contributed by atoms with E-state index in [0.717, 1.165) is 0 Å². The summed E-state index contributed by atoms with van der Waals surface area (Å²) in [5, 5.41) is 4.11. The zero-order chi connectivity index (χ0) is 22.5. The molecule has 1 heteroatoms. The Morgan fingerprint density at radius 3 is 1.94 bits per heavy atom. The molecule has 0 bridgehead atoms. The minimum absolute atomic E-state index is 0.0580. The van der Waals surface area contributed by atoms with Gasteiger partial charge in [0.05, 0.1) is 5.54 Å². The van der Waals surface area contributed by atoms with Crippen molar-refractivity contribution in [2.45, 2.75) is 78.7 Å². The summed E-state index contributed by atoms with van der Waals surface area (Å²) in [5.74, 6) is 2.37. The highest BCUT2D eigenvalue weighted by molar-refractivity contribution is 5.88. The Morgan fingerprint density at radius 1 is 0.774 bits per heavy atom. The van der Waals surface area contributed by atoms with Crippen molar-refractivity contribution in [1.29, 1.82) is 0 Å². The second kappa shape index (κ2) is 8.01. The molecule has 0 saturated heterocycles. The van der Waals surface area contributed by atoms with E-state index in [4.69, 9.17) is 0 Å². The first kappa shape index (κ1) is 21.9. The third kappa shape index (κ3) is 3.37. The molecule has 0 amide bonds. The van der Waals surface area contributed by atoms with Crippen molar-refractivity contribution in [2.75, 3.05) is 5.32 Å². The topological polar surface area (TPSA) is 12.0 Å². The Hall–Kier alpha value is -2.28. The second-order valence-electron chi connectivity index (χ2n) is 10.7. The SMILES string of the molecule is CC(C)C1=CC=CC2(C(C)C)Nc3c(-c4c(C(C)C)cccc4C(C)C)cccc3C12. The van der Waals surface area contributed by atoms with E-state index in [1.165, 1.54) is 33.5 Å². The van der Waals surface area contributed by atoms with Crippen LogP contribution in [0.15, 0.2) is 60.2 Å². The highest BCUT2D eigenvalue weighted by atomic mass is 15.0. The fourth-order valence-corrected chi connectivity index (χ4v) is 5.77. The van der Waals surface area contributed by atoms with E-state index in [2.05, 4.69) is 115 Å². The number of rotatable bonds is 5. The average Bonchev–Trinajstić information content (AvgIpc) is 3.09. The van der Waals surface area contributed by atoms with Gasteiger partial charge in [-0.2, -0.15) is 0 Å². The summed E-state index contributed by atoms with van der Waals surface area (Å²) in [6, 6.07) is 13.9. The van der Waals surface area contributed by atoms with Crippen molar-refractivity contribution in [2.24, 2.45) is 11.8 Å². The lowest BCUT2D eigenvalue weighted by Gasteiger charge is -2.41. The predicted octanol–water partition coefficient (Wildman–Crippen LogP) is 8.66. The Kier molecular flexibility index (Phi) is 5.66. The van der Waals surface area contributed by atoms with Crippen molar-refractivity contribution >= 4 is 5.69 Å². The fourth-order valence-electron chi connectivity index (χ4n) is 5.77. The van der Waals surface area contributed by atoms with Gasteiger partial charge < -0.3 is 5.32 Å². The lowest BCUT2D eigenvalue weighted by atomic mass is 9.67. The van der Waals surface area contributed by atoms with Gasteiger partial charge in [-0.3, -0.25) is 0 Å². The number of hydrogen-bond acceptors (Lipinski definition) is 1. The lowest BCUT2D eigenvalue weighted by Crippen LogP contribution is -2.45. The van der Waals surface area contributed by atoms with E-state index in [1.54, 1.807) is 5.57 Å². The van der Waals surface area contributed by atoms with Gasteiger partial charge in [0.1, 0.15) is 0 Å². The summed E-state index contributed by atoms with van der Waals surface area (Å²) >= 11 is 0. The van der Waals surface area contributed by atoms with Crippen LogP contribution < -0.4 is 5.32 Å². The van der Waals surface area contributed by atoms with E-state index in [0.29, 0.717) is 29.6 Å². The van der Waals surface area contributed by atoms with E-state index in [-0.39, 0.29) is 5.54 Å². The van der Waals surface area contributed by atoms with Crippen molar-refractivity contribution in [1.82, 2.24) is 0 Å². The summed E-state index contributed by atoms with van der Waals surface area (Å²) in [4.78, 5) is 0. The van der Waals surface area contributed by atoms with Crippen LogP contribution in [0.1, 0.15) is 89.8 Å². The highest BCUT2D eigenvalue weighted by Gasteiger charge is 2.50. The number of allylic oxidation sites excluding steroid dienone is 2. The van der Waals surface area contributed by atoms with Crippen LogP contribution in [0.25, 0.3) is 11.1 Å². The number of fused-ring (bicyclic) bond motifs is 3. The van der Waals surface area contributed by atoms with Crippen LogP contribution in [-0.4, -0.2) is 5.54 Å². The molecule has 0 saturated carbocycles. The maximum Gasteiger partial charge on any atom is 0.0688 e. The average molecular weight is 414 g/mol. The Labute approximate surface area is 189 Å². The number of para-hydroxylation sites is 1. The molecule has 164 valence electrons. The van der Waals surface area contributed by atoms with Gasteiger partial charge in [0.2, 0.25) is 0 Å². The van der Waals surface area contributed by atoms with E-state index >= 15 is 0 Å². The highest BCUT2D eigenvalue weighted by Crippen LogP contribution is 2.56. The molecule has 1 heterocycles. The van der Waals surface area contributed by atoms with Gasteiger partial charge >= 0.3 is 0 Å². The summed E-state index contributed by atoms with van der Waals surface area (Å²) in [7, 11) is 0. The quantitative estimate of drug-likeness (QED) is 0.517. The van der Waals surface area contributed by atoms with Gasteiger partial charge in [0, 0.05) is 17.2 Å². The van der Waals surface area contributed by atoms with E-state index < -0.39 is 0 Å². The number of anilines is 1. The van der Waals surface area contributed by atoms with Gasteiger partial charge in [-0.05, 0) is 45.9 Å². The molecule has 0 spiro atoms. The van der Waals surface area contributed by atoms with Crippen LogP contribution in [0.3, 0.4) is 0 Å². The molecule has 0 fully saturated rings. The molecule has 4 rings (SSSR count). The fraction of sp³-hybridized carbons (Fsp3) is 0.467. The van der Waals surface area contributed by atoms with Crippen LogP contribution in [0.4, 0.5) is 5.69 Å². The minimum atomic E-state index is -0.0580. The minimum Gasteiger partial charge on any atom is -0.374 e. The van der Waals surface area contributed by atoms with Crippen LogP contribution in [0.5, 0.6) is 0 Å². The lowest BCUT2D eigenvalue weighted by molar-refractivity contribution is 0.374. The Morgan fingerprint density at radius 2 is 1.39 bits per heavy atom. The number of benzene rings is 2. The van der Waals surface area contributed by atoms with Gasteiger partial charge in [0.25, 0.3) is 0 Å². The largest absolute Gasteiger partial charge is 0.374 e. The molecule has 31 heavy (non-hydrogen) atoms. The molecule has 2 unspecified atom stereocenters. The summed E-state index contributed by atoms with van der Waals surface area (Å²) < 4.78 is 0. The van der Waals surface area contributed by atoms with Crippen molar-refractivity contribution in [3.63, 3.8) is 0 Å². The van der Waals surface area contributed by atoms with Gasteiger partial charge in [-0.15, -0.1) is 0 Å². The van der Waals surface area contributed by atoms with Gasteiger partial charge in [-0.1, -0.05) is 116 Å². The van der Waals surface area contributed by atoms with Crippen LogP contribution in [0, 0.1) is 11.8 Å². The Balaban J connectivity index is 2.01. The van der Waals surface area contributed by atoms with Crippen LogP contribution in [0.2, 0.25) is 0 Å². The molecule has 2 aromatic carbocycles. The molecule has 1 nitrogen and oxygen atoms in total. The summed E-state index contributed by atoms with van der Waals surface area (Å²) in [6.07, 6.45) is 7.07. The number of nitrogens with one attached hydrogen (secondary N) is 1. The van der Waals surface area contributed by atoms with Crippen LogP contribution >= 0.6 is 0 Å². The van der Waals surface area contributed by atoms with Gasteiger partial charge in [0.15, 0.2) is 0 Å². The summed E-state index contributed by atoms with van der Waals surface area (Å²) in [6.45, 7) is 18.7. The normalized spacial score (nSPS) is 22.2. The molecule has 1 aliphatic heterocycles. The third-order valence-electron chi connectivity index (χ3n) is 7.49. The smallest absolute Gasteiger partial charge is 0.0688 e. The third-order valence-corrected chi connectivity index (χ3v) is 7.49. The molecule has 0 aromatic heterocycles. The maximum absolute atomic E-state index is 4.11. The first-order chi connectivity index (χ1) is 14.7. The zero-order valence-electron chi connectivity index (χ0n) is 20.6. The van der Waals surface area contributed by atoms with Gasteiger partial charge in [-0.25, -0.2) is 0 Å². The zero-order valence-corrected chi connectivity index (χ0v) is 20.6. The molecule has 2 atom stereocenters.